The summed E-state index contributed by atoms with van der Waals surface area (Å²) in [6.45, 7) is 8.43. The van der Waals surface area contributed by atoms with Crippen molar-refractivity contribution in [2.24, 2.45) is 0 Å². The molecule has 0 fully saturated rings. The predicted molar refractivity (Wildman–Crippen MR) is 117 cm³/mol. The fourth-order valence-electron chi connectivity index (χ4n) is 2.62. The number of benzene rings is 1. The third-order valence-electron chi connectivity index (χ3n) is 4.21. The Morgan fingerprint density at radius 3 is 2.30 bits per heavy atom. The van der Waals surface area contributed by atoms with E-state index in [-0.39, 0.29) is 30.7 Å². The molecule has 0 aliphatic rings. The number of amides is 1. The summed E-state index contributed by atoms with van der Waals surface area (Å²) in [6.07, 6.45) is 7.10. The van der Waals surface area contributed by atoms with E-state index in [9.17, 15) is 4.79 Å². The van der Waals surface area contributed by atoms with E-state index >= 15 is 0 Å². The summed E-state index contributed by atoms with van der Waals surface area (Å²) < 4.78 is 0. The molecule has 6 heteroatoms. The number of carbonyl (C=O) groups is 1. The molecule has 1 heterocycles. The van der Waals surface area contributed by atoms with E-state index in [0.717, 1.165) is 30.8 Å². The molecule has 0 saturated heterocycles. The topological polar surface area (TPSA) is 36.4 Å². The summed E-state index contributed by atoms with van der Waals surface area (Å²) >= 11 is 0. The predicted octanol–water partition coefficient (Wildman–Crippen LogP) is 4.31. The number of rotatable bonds is 9. The number of likely N-dealkylation sites (N-methyl/N-ethyl adjacent to an activating group) is 1. The molecular weight excluding hydrogens is 381 g/mol. The lowest BCUT2D eigenvalue weighted by Gasteiger charge is -2.25. The third kappa shape index (κ3) is 9.05. The summed E-state index contributed by atoms with van der Waals surface area (Å²) in [5.41, 5.74) is 2.07. The highest BCUT2D eigenvalue weighted by Gasteiger charge is 2.13. The molecule has 1 amide bonds. The van der Waals surface area contributed by atoms with E-state index < -0.39 is 0 Å². The summed E-state index contributed by atoms with van der Waals surface area (Å²) in [5.74, 6) is 0.0277. The maximum absolute atomic E-state index is 12.7. The first-order valence-electron chi connectivity index (χ1n) is 8.86. The van der Waals surface area contributed by atoms with Crippen LogP contribution in [0.2, 0.25) is 0 Å². The Labute approximate surface area is 175 Å². The van der Waals surface area contributed by atoms with Gasteiger partial charge in [0.1, 0.15) is 0 Å². The molecule has 148 valence electrons. The second kappa shape index (κ2) is 14.2. The Balaban J connectivity index is 0.00000338. The molecule has 0 atom stereocenters. The normalized spacial score (nSPS) is 10.3. The van der Waals surface area contributed by atoms with Crippen LogP contribution in [0, 0.1) is 0 Å². The summed E-state index contributed by atoms with van der Waals surface area (Å²) in [7, 11) is 0. The van der Waals surface area contributed by atoms with Gasteiger partial charge in [-0.25, -0.2) is 0 Å². The molecule has 0 bridgehead atoms. The molecule has 4 nitrogen and oxygen atoms in total. The van der Waals surface area contributed by atoms with Gasteiger partial charge in [-0.05, 0) is 36.4 Å². The smallest absolute Gasteiger partial charge is 0.246 e. The van der Waals surface area contributed by atoms with Gasteiger partial charge in [0.05, 0.1) is 0 Å². The first-order chi connectivity index (χ1) is 12.2. The van der Waals surface area contributed by atoms with Crippen LogP contribution >= 0.6 is 24.8 Å². The molecule has 2 aromatic rings. The van der Waals surface area contributed by atoms with Gasteiger partial charge in [0, 0.05) is 38.1 Å². The largest absolute Gasteiger partial charge is 0.333 e. The Bertz CT molecular complexity index is 662. The van der Waals surface area contributed by atoms with Gasteiger partial charge in [0.15, 0.2) is 0 Å². The van der Waals surface area contributed by atoms with Gasteiger partial charge in [0.2, 0.25) is 5.91 Å². The second-order valence-electron chi connectivity index (χ2n) is 5.89. The van der Waals surface area contributed by atoms with Gasteiger partial charge < -0.3 is 9.80 Å². The van der Waals surface area contributed by atoms with Crippen LogP contribution in [0.4, 0.5) is 0 Å². The number of halogens is 2. The van der Waals surface area contributed by atoms with Crippen molar-refractivity contribution in [1.29, 1.82) is 0 Å². The van der Waals surface area contributed by atoms with Crippen LogP contribution < -0.4 is 0 Å². The van der Waals surface area contributed by atoms with Crippen LogP contribution in [0.25, 0.3) is 6.08 Å². The SMILES string of the molecule is CCN(CC)CCN(Cc1cccnc1)C(=O)/C=C/c1ccccc1.Cl.Cl. The summed E-state index contributed by atoms with van der Waals surface area (Å²) in [6, 6.07) is 13.8. The molecule has 27 heavy (non-hydrogen) atoms. The fourth-order valence-corrected chi connectivity index (χ4v) is 2.62. The maximum Gasteiger partial charge on any atom is 0.246 e. The van der Waals surface area contributed by atoms with Crippen LogP contribution in [0.15, 0.2) is 60.9 Å². The minimum absolute atomic E-state index is 0. The van der Waals surface area contributed by atoms with E-state index in [1.807, 2.05) is 59.6 Å². The van der Waals surface area contributed by atoms with Gasteiger partial charge in [0.25, 0.3) is 0 Å². The van der Waals surface area contributed by atoms with Gasteiger partial charge >= 0.3 is 0 Å². The van der Waals surface area contributed by atoms with Crippen LogP contribution in [-0.2, 0) is 11.3 Å². The van der Waals surface area contributed by atoms with E-state index in [1.54, 1.807) is 12.3 Å². The van der Waals surface area contributed by atoms with Crippen molar-refractivity contribution in [3.8, 4) is 0 Å². The van der Waals surface area contributed by atoms with Crippen LogP contribution in [-0.4, -0.2) is 46.9 Å². The number of nitrogens with zero attached hydrogens (tertiary/aromatic N) is 3. The van der Waals surface area contributed by atoms with Crippen molar-refractivity contribution < 1.29 is 4.79 Å². The molecule has 0 N–H and O–H groups in total. The maximum atomic E-state index is 12.7. The van der Waals surface area contributed by atoms with E-state index in [4.69, 9.17) is 0 Å². The van der Waals surface area contributed by atoms with Crippen molar-refractivity contribution >= 4 is 36.8 Å². The van der Waals surface area contributed by atoms with E-state index in [1.165, 1.54) is 0 Å². The Hall–Kier alpha value is -1.88. The molecule has 0 saturated carbocycles. The molecule has 2 rings (SSSR count). The number of hydrogen-bond donors (Lipinski definition) is 0. The Morgan fingerprint density at radius 1 is 1.00 bits per heavy atom. The highest BCUT2D eigenvalue weighted by Crippen LogP contribution is 2.07. The zero-order valence-corrected chi connectivity index (χ0v) is 17.6. The highest BCUT2D eigenvalue weighted by molar-refractivity contribution is 5.91. The number of hydrogen-bond acceptors (Lipinski definition) is 3. The lowest BCUT2D eigenvalue weighted by molar-refractivity contribution is -0.126. The molecule has 0 unspecified atom stereocenters. The average Bonchev–Trinajstić information content (AvgIpc) is 2.67. The standard InChI is InChI=1S/C21H27N3O.2ClH/c1-3-23(4-2)15-16-24(18-20-11-8-14-22-17-20)21(25)13-12-19-9-6-5-7-10-19;;/h5-14,17H,3-4,15-16,18H2,1-2H3;2*1H/b13-12+;;. The van der Waals surface area contributed by atoms with E-state index in [2.05, 4.69) is 23.7 Å². The minimum atomic E-state index is 0. The lowest BCUT2D eigenvalue weighted by Crippen LogP contribution is -2.37. The number of aromatic nitrogens is 1. The molecule has 1 aromatic carbocycles. The van der Waals surface area contributed by atoms with Gasteiger partial charge in [-0.2, -0.15) is 0 Å². The van der Waals surface area contributed by atoms with Crippen LogP contribution in [0.5, 0.6) is 0 Å². The second-order valence-corrected chi connectivity index (χ2v) is 5.89. The monoisotopic (exact) mass is 409 g/mol. The van der Waals surface area contributed by atoms with Crippen LogP contribution in [0.1, 0.15) is 25.0 Å². The zero-order valence-electron chi connectivity index (χ0n) is 16.0. The Kier molecular flexibility index (Phi) is 13.2. The quantitative estimate of drug-likeness (QED) is 0.578. The molecule has 0 radical (unpaired) electrons. The lowest BCUT2D eigenvalue weighted by atomic mass is 10.2. The van der Waals surface area contributed by atoms with Gasteiger partial charge in [-0.3, -0.25) is 9.78 Å². The number of carbonyl (C=O) groups excluding carboxylic acids is 1. The highest BCUT2D eigenvalue weighted by atomic mass is 35.5. The Morgan fingerprint density at radius 2 is 1.70 bits per heavy atom. The summed E-state index contributed by atoms with van der Waals surface area (Å²) in [4.78, 5) is 21.1. The van der Waals surface area contributed by atoms with E-state index in [0.29, 0.717) is 13.1 Å². The van der Waals surface area contributed by atoms with Crippen molar-refractivity contribution in [3.05, 3.63) is 72.1 Å². The third-order valence-corrected chi connectivity index (χ3v) is 4.21. The van der Waals surface area contributed by atoms with Crippen molar-refractivity contribution in [2.75, 3.05) is 26.2 Å². The van der Waals surface area contributed by atoms with Crippen molar-refractivity contribution in [3.63, 3.8) is 0 Å². The van der Waals surface area contributed by atoms with Crippen molar-refractivity contribution in [1.82, 2.24) is 14.8 Å². The minimum Gasteiger partial charge on any atom is -0.333 e. The fraction of sp³-hybridized carbons (Fsp3) is 0.333. The molecule has 1 aromatic heterocycles. The van der Waals surface area contributed by atoms with Gasteiger partial charge in [-0.15, -0.1) is 24.8 Å². The van der Waals surface area contributed by atoms with Crippen molar-refractivity contribution in [2.45, 2.75) is 20.4 Å². The van der Waals surface area contributed by atoms with Gasteiger partial charge in [-0.1, -0.05) is 50.2 Å². The first-order valence-corrected chi connectivity index (χ1v) is 8.86. The molecule has 0 aliphatic carbocycles. The number of pyridine rings is 1. The molecular formula is C21H29Cl2N3O. The summed E-state index contributed by atoms with van der Waals surface area (Å²) in [5, 5.41) is 0. The first kappa shape index (κ1) is 25.1. The molecule has 0 aliphatic heterocycles. The zero-order chi connectivity index (χ0) is 17.9. The van der Waals surface area contributed by atoms with Crippen LogP contribution in [0.3, 0.4) is 0 Å². The average molecular weight is 410 g/mol. The molecule has 0 spiro atoms.